The molecule has 106 valence electrons. The van der Waals surface area contributed by atoms with Gasteiger partial charge in [-0.1, -0.05) is 31.3 Å². The molecule has 0 spiro atoms. The average Bonchev–Trinajstić information content (AvgIpc) is 2.34. The van der Waals surface area contributed by atoms with Crippen molar-refractivity contribution in [2.24, 2.45) is 10.9 Å². The number of carbonyl (C=O) groups excluding carboxylic acids is 1. The van der Waals surface area contributed by atoms with E-state index < -0.39 is 0 Å². The van der Waals surface area contributed by atoms with Crippen LogP contribution in [0.1, 0.15) is 59.3 Å². The molecule has 0 aliphatic carbocycles. The summed E-state index contributed by atoms with van der Waals surface area (Å²) in [4.78, 5) is 13.8. The molecule has 0 aliphatic heterocycles. The van der Waals surface area contributed by atoms with Crippen LogP contribution in [0.3, 0.4) is 0 Å². The van der Waals surface area contributed by atoms with Crippen LogP contribution >= 0.6 is 0 Å². The average molecular weight is 257 g/mol. The minimum absolute atomic E-state index is 0.148. The first kappa shape index (κ1) is 16.7. The normalized spacial score (nSPS) is 11.9. The van der Waals surface area contributed by atoms with Gasteiger partial charge in [0.2, 0.25) is 5.91 Å². The second-order valence-electron chi connectivity index (χ2n) is 4.83. The Labute approximate surface area is 110 Å². The molecule has 0 bridgehead atoms. The number of rotatable bonds is 9. The summed E-state index contributed by atoms with van der Waals surface area (Å²) in [5.41, 5.74) is 5.42. The van der Waals surface area contributed by atoms with Crippen LogP contribution in [0.5, 0.6) is 0 Å². The van der Waals surface area contributed by atoms with Gasteiger partial charge < -0.3 is 15.8 Å². The minimum Gasteiger partial charge on any atom is -0.409 e. The third kappa shape index (κ3) is 7.14. The molecular weight excluding hydrogens is 230 g/mol. The first-order chi connectivity index (χ1) is 8.52. The number of nitrogens with two attached hydrogens (primary N) is 1. The van der Waals surface area contributed by atoms with E-state index in [0.717, 1.165) is 12.8 Å². The number of unbranched alkanes of at least 4 members (excludes halogenated alkanes) is 3. The van der Waals surface area contributed by atoms with Gasteiger partial charge >= 0.3 is 0 Å². The standard InChI is InChI=1S/C13H27N3O2/c1-4-5-6-7-8-13(17)16(11(2)3)10-9-12(14)15-18/h11,18H,4-10H2,1-3H3,(H2,14,15). The van der Waals surface area contributed by atoms with Crippen molar-refractivity contribution in [3.05, 3.63) is 0 Å². The fraction of sp³-hybridized carbons (Fsp3) is 0.846. The van der Waals surface area contributed by atoms with Gasteiger partial charge in [0, 0.05) is 25.4 Å². The van der Waals surface area contributed by atoms with Crippen molar-refractivity contribution in [3.8, 4) is 0 Å². The van der Waals surface area contributed by atoms with E-state index in [4.69, 9.17) is 10.9 Å². The summed E-state index contributed by atoms with van der Waals surface area (Å²) in [5, 5.41) is 11.4. The third-order valence-corrected chi connectivity index (χ3v) is 2.93. The van der Waals surface area contributed by atoms with E-state index in [9.17, 15) is 4.79 Å². The highest BCUT2D eigenvalue weighted by molar-refractivity contribution is 5.81. The summed E-state index contributed by atoms with van der Waals surface area (Å²) in [6.45, 7) is 6.63. The van der Waals surface area contributed by atoms with Gasteiger partial charge in [-0.25, -0.2) is 0 Å². The van der Waals surface area contributed by atoms with Gasteiger partial charge in [0.25, 0.3) is 0 Å². The maximum atomic E-state index is 12.0. The van der Waals surface area contributed by atoms with Crippen molar-refractivity contribution in [1.82, 2.24) is 4.90 Å². The Bertz CT molecular complexity index is 265. The van der Waals surface area contributed by atoms with Gasteiger partial charge in [-0.15, -0.1) is 0 Å². The lowest BCUT2D eigenvalue weighted by molar-refractivity contribution is -0.132. The second-order valence-corrected chi connectivity index (χ2v) is 4.83. The summed E-state index contributed by atoms with van der Waals surface area (Å²) in [6.07, 6.45) is 5.41. The largest absolute Gasteiger partial charge is 0.409 e. The van der Waals surface area contributed by atoms with Crippen molar-refractivity contribution in [3.63, 3.8) is 0 Å². The van der Waals surface area contributed by atoms with Crippen molar-refractivity contribution >= 4 is 11.7 Å². The topological polar surface area (TPSA) is 78.9 Å². The van der Waals surface area contributed by atoms with Gasteiger partial charge in [-0.3, -0.25) is 4.79 Å². The summed E-state index contributed by atoms with van der Waals surface area (Å²) in [5.74, 6) is 0.325. The summed E-state index contributed by atoms with van der Waals surface area (Å²) < 4.78 is 0. The predicted molar refractivity (Wildman–Crippen MR) is 73.6 cm³/mol. The number of nitrogens with zero attached hydrogens (tertiary/aromatic N) is 2. The zero-order chi connectivity index (χ0) is 14.0. The molecule has 0 aromatic carbocycles. The minimum atomic E-state index is 0.148. The quantitative estimate of drug-likeness (QED) is 0.219. The molecule has 0 aliphatic rings. The van der Waals surface area contributed by atoms with Crippen LogP contribution in [-0.4, -0.2) is 34.4 Å². The lowest BCUT2D eigenvalue weighted by atomic mass is 10.1. The highest BCUT2D eigenvalue weighted by Gasteiger charge is 2.16. The van der Waals surface area contributed by atoms with Crippen molar-refractivity contribution in [1.29, 1.82) is 0 Å². The molecule has 0 rings (SSSR count). The van der Waals surface area contributed by atoms with Crippen LogP contribution in [0.4, 0.5) is 0 Å². The van der Waals surface area contributed by atoms with Crippen LogP contribution in [0.15, 0.2) is 5.16 Å². The number of amidine groups is 1. The molecule has 0 saturated carbocycles. The molecule has 0 fully saturated rings. The Hall–Kier alpha value is -1.26. The van der Waals surface area contributed by atoms with Crippen LogP contribution in [-0.2, 0) is 4.79 Å². The molecular formula is C13H27N3O2. The summed E-state index contributed by atoms with van der Waals surface area (Å²) in [7, 11) is 0. The van der Waals surface area contributed by atoms with Crippen molar-refractivity contribution in [2.75, 3.05) is 6.54 Å². The number of hydrogen-bond acceptors (Lipinski definition) is 3. The van der Waals surface area contributed by atoms with Crippen LogP contribution < -0.4 is 5.73 Å². The highest BCUT2D eigenvalue weighted by Crippen LogP contribution is 2.08. The van der Waals surface area contributed by atoms with Crippen LogP contribution in [0.2, 0.25) is 0 Å². The van der Waals surface area contributed by atoms with E-state index in [2.05, 4.69) is 12.1 Å². The summed E-state index contributed by atoms with van der Waals surface area (Å²) in [6, 6.07) is 0.148. The Morgan fingerprint density at radius 1 is 1.28 bits per heavy atom. The van der Waals surface area contributed by atoms with Crippen LogP contribution in [0.25, 0.3) is 0 Å². The number of hydrogen-bond donors (Lipinski definition) is 2. The Balaban J connectivity index is 4.11. The number of oxime groups is 1. The van der Waals surface area contributed by atoms with Gasteiger partial charge in [0.1, 0.15) is 5.84 Å². The zero-order valence-electron chi connectivity index (χ0n) is 11.9. The molecule has 0 aromatic heterocycles. The maximum Gasteiger partial charge on any atom is 0.222 e. The Morgan fingerprint density at radius 3 is 2.44 bits per heavy atom. The lowest BCUT2D eigenvalue weighted by Gasteiger charge is -2.26. The number of amides is 1. The second kappa shape index (κ2) is 9.74. The van der Waals surface area contributed by atoms with E-state index in [1.807, 2.05) is 13.8 Å². The molecule has 0 heterocycles. The Kier molecular flexibility index (Phi) is 9.06. The van der Waals surface area contributed by atoms with E-state index in [1.54, 1.807) is 4.90 Å². The molecule has 0 unspecified atom stereocenters. The van der Waals surface area contributed by atoms with Crippen molar-refractivity contribution in [2.45, 2.75) is 65.3 Å². The van der Waals surface area contributed by atoms with Gasteiger partial charge in [0.15, 0.2) is 0 Å². The predicted octanol–water partition coefficient (Wildman–Crippen LogP) is 2.33. The molecule has 5 heteroatoms. The molecule has 0 radical (unpaired) electrons. The van der Waals surface area contributed by atoms with E-state index in [0.29, 0.717) is 19.4 Å². The molecule has 5 nitrogen and oxygen atoms in total. The highest BCUT2D eigenvalue weighted by atomic mass is 16.4. The zero-order valence-corrected chi connectivity index (χ0v) is 11.9. The van der Waals surface area contributed by atoms with Gasteiger partial charge in [0.05, 0.1) is 0 Å². The van der Waals surface area contributed by atoms with E-state index in [-0.39, 0.29) is 17.8 Å². The maximum absolute atomic E-state index is 12.0. The molecule has 0 atom stereocenters. The molecule has 3 N–H and O–H groups in total. The summed E-state index contributed by atoms with van der Waals surface area (Å²) >= 11 is 0. The third-order valence-electron chi connectivity index (χ3n) is 2.93. The Morgan fingerprint density at radius 2 is 1.94 bits per heavy atom. The first-order valence-corrected chi connectivity index (χ1v) is 6.78. The number of carbonyl (C=O) groups is 1. The van der Waals surface area contributed by atoms with Crippen LogP contribution in [0, 0.1) is 0 Å². The molecule has 1 amide bonds. The monoisotopic (exact) mass is 257 g/mol. The molecule has 18 heavy (non-hydrogen) atoms. The molecule has 0 aromatic rings. The fourth-order valence-corrected chi connectivity index (χ4v) is 1.80. The fourth-order valence-electron chi connectivity index (χ4n) is 1.80. The SMILES string of the molecule is CCCCCCC(=O)N(CCC(N)=NO)C(C)C. The smallest absolute Gasteiger partial charge is 0.222 e. The lowest BCUT2D eigenvalue weighted by Crippen LogP contribution is -2.39. The van der Waals surface area contributed by atoms with E-state index in [1.165, 1.54) is 12.8 Å². The first-order valence-electron chi connectivity index (χ1n) is 6.78. The molecule has 0 saturated heterocycles. The van der Waals surface area contributed by atoms with Crippen molar-refractivity contribution < 1.29 is 10.0 Å². The van der Waals surface area contributed by atoms with Gasteiger partial charge in [-0.2, -0.15) is 0 Å². The van der Waals surface area contributed by atoms with E-state index >= 15 is 0 Å². The van der Waals surface area contributed by atoms with Gasteiger partial charge in [-0.05, 0) is 20.3 Å².